The summed E-state index contributed by atoms with van der Waals surface area (Å²) in [6.07, 6.45) is 2.43. The predicted molar refractivity (Wildman–Crippen MR) is 118 cm³/mol. The van der Waals surface area contributed by atoms with E-state index in [0.29, 0.717) is 10.9 Å². The largest absolute Gasteiger partial charge is 0.376 e. The molecule has 1 aliphatic rings. The maximum Gasteiger partial charge on any atom is 0.230 e. The van der Waals surface area contributed by atoms with E-state index in [9.17, 15) is 9.18 Å². The lowest BCUT2D eigenvalue weighted by Gasteiger charge is -2.18. The Hall–Kier alpha value is -2.08. The summed E-state index contributed by atoms with van der Waals surface area (Å²) in [4.78, 5) is 18.0. The zero-order valence-electron chi connectivity index (χ0n) is 16.2. The molecule has 0 bridgehead atoms. The van der Waals surface area contributed by atoms with E-state index in [1.807, 2.05) is 5.38 Å². The number of carbonyl (C=O) groups excluding carboxylic acids is 1. The van der Waals surface area contributed by atoms with Crippen molar-refractivity contribution < 1.29 is 13.9 Å². The molecule has 1 N–H and O–H groups in total. The number of para-hydroxylation sites is 1. The predicted octanol–water partition coefficient (Wildman–Crippen LogP) is 4.70. The van der Waals surface area contributed by atoms with Crippen molar-refractivity contribution in [1.29, 1.82) is 0 Å². The van der Waals surface area contributed by atoms with Gasteiger partial charge in [0.1, 0.15) is 5.82 Å². The standard InChI is InChI=1S/C19H20FN5O2S3/c1-12(26)25(16-7-3-2-6-15(16)20)18-22-13(10-28-18)11-29-19-24-23-17(30-19)21-9-14-5-4-8-27-14/h2-3,6-7,10,14H,4-5,8-9,11H2,1H3,(H,21,23)/t14-/m1/s1. The molecule has 158 valence electrons. The first-order valence-corrected chi connectivity index (χ1v) is 12.1. The normalized spacial score (nSPS) is 16.0. The van der Waals surface area contributed by atoms with Gasteiger partial charge in [-0.1, -0.05) is 35.2 Å². The van der Waals surface area contributed by atoms with Crippen LogP contribution in [0.4, 0.5) is 20.3 Å². The van der Waals surface area contributed by atoms with Crippen LogP contribution < -0.4 is 10.2 Å². The van der Waals surface area contributed by atoms with E-state index < -0.39 is 5.82 Å². The molecule has 0 spiro atoms. The van der Waals surface area contributed by atoms with Crippen LogP contribution in [0.25, 0.3) is 0 Å². The minimum absolute atomic E-state index is 0.199. The molecule has 3 heterocycles. The van der Waals surface area contributed by atoms with Crippen molar-refractivity contribution in [3.8, 4) is 0 Å². The second kappa shape index (κ2) is 9.82. The molecule has 11 heteroatoms. The number of hydrogen-bond donors (Lipinski definition) is 1. The molecule has 7 nitrogen and oxygen atoms in total. The maximum atomic E-state index is 14.2. The number of carbonyl (C=O) groups is 1. The molecule has 2 aromatic heterocycles. The van der Waals surface area contributed by atoms with E-state index in [0.717, 1.165) is 41.2 Å². The molecule has 1 fully saturated rings. The van der Waals surface area contributed by atoms with Crippen LogP contribution in [0.5, 0.6) is 0 Å². The first kappa shape index (κ1) is 21.2. The van der Waals surface area contributed by atoms with Crippen LogP contribution in [0.2, 0.25) is 0 Å². The lowest BCUT2D eigenvalue weighted by molar-refractivity contribution is -0.115. The Labute approximate surface area is 185 Å². The molecule has 3 aromatic rings. The number of amides is 1. The van der Waals surface area contributed by atoms with Gasteiger partial charge >= 0.3 is 0 Å². The van der Waals surface area contributed by atoms with Crippen molar-refractivity contribution in [2.45, 2.75) is 36.0 Å². The van der Waals surface area contributed by atoms with Crippen LogP contribution in [0.3, 0.4) is 0 Å². The lowest BCUT2D eigenvalue weighted by atomic mass is 10.2. The molecule has 0 saturated carbocycles. The number of halogens is 1. The van der Waals surface area contributed by atoms with Gasteiger partial charge in [0.05, 0.1) is 17.5 Å². The summed E-state index contributed by atoms with van der Waals surface area (Å²) in [6, 6.07) is 6.18. The number of nitrogens with zero attached hydrogens (tertiary/aromatic N) is 4. The van der Waals surface area contributed by atoms with E-state index in [-0.39, 0.29) is 17.7 Å². The summed E-state index contributed by atoms with van der Waals surface area (Å²) >= 11 is 4.32. The summed E-state index contributed by atoms with van der Waals surface area (Å²) in [5, 5.41) is 14.7. The Morgan fingerprint density at radius 1 is 1.40 bits per heavy atom. The molecule has 4 rings (SSSR count). The second-order valence-corrected chi connectivity index (χ2v) is 9.64. The molecule has 0 aliphatic carbocycles. The first-order chi connectivity index (χ1) is 14.6. The molecule has 30 heavy (non-hydrogen) atoms. The quantitative estimate of drug-likeness (QED) is 0.483. The van der Waals surface area contributed by atoms with Gasteiger partial charge < -0.3 is 10.1 Å². The fourth-order valence-electron chi connectivity index (χ4n) is 2.99. The summed E-state index contributed by atoms with van der Waals surface area (Å²) in [5.74, 6) is -0.171. The maximum absolute atomic E-state index is 14.2. The second-order valence-electron chi connectivity index (χ2n) is 6.60. The summed E-state index contributed by atoms with van der Waals surface area (Å²) in [5.41, 5.74) is 0.997. The third-order valence-corrected chi connectivity index (χ3v) is 7.32. The first-order valence-electron chi connectivity index (χ1n) is 9.41. The lowest BCUT2D eigenvalue weighted by Crippen LogP contribution is -2.23. The van der Waals surface area contributed by atoms with Crippen molar-refractivity contribution >= 4 is 56.3 Å². The molecule has 0 radical (unpaired) electrons. The molecule has 1 aliphatic heterocycles. The van der Waals surface area contributed by atoms with Crippen molar-refractivity contribution in [2.24, 2.45) is 0 Å². The molecular formula is C19H20FN5O2S3. The highest BCUT2D eigenvalue weighted by molar-refractivity contribution is 8.00. The van der Waals surface area contributed by atoms with E-state index in [1.54, 1.807) is 18.2 Å². The number of ether oxygens (including phenoxy) is 1. The molecule has 0 unspecified atom stereocenters. The topological polar surface area (TPSA) is 80.2 Å². The number of benzene rings is 1. The van der Waals surface area contributed by atoms with Crippen LogP contribution in [0, 0.1) is 5.82 Å². The summed E-state index contributed by atoms with van der Waals surface area (Å²) < 4.78 is 20.6. The average molecular weight is 466 g/mol. The van der Waals surface area contributed by atoms with Gasteiger partial charge in [-0.05, 0) is 25.0 Å². The Kier molecular flexibility index (Phi) is 6.93. The van der Waals surface area contributed by atoms with Crippen LogP contribution >= 0.6 is 34.4 Å². The number of aromatic nitrogens is 3. The third kappa shape index (κ3) is 5.15. The minimum atomic E-state index is -0.462. The van der Waals surface area contributed by atoms with Gasteiger partial charge in [0.2, 0.25) is 11.0 Å². The van der Waals surface area contributed by atoms with E-state index >= 15 is 0 Å². The number of hydrogen-bond acceptors (Lipinski definition) is 9. The average Bonchev–Trinajstić information content (AvgIpc) is 3.49. The van der Waals surface area contributed by atoms with Gasteiger partial charge in [0.25, 0.3) is 0 Å². The van der Waals surface area contributed by atoms with Gasteiger partial charge in [-0.2, -0.15) is 0 Å². The van der Waals surface area contributed by atoms with Gasteiger partial charge in [-0.15, -0.1) is 21.5 Å². The summed E-state index contributed by atoms with van der Waals surface area (Å²) in [7, 11) is 0. The Bertz CT molecular complexity index is 1010. The van der Waals surface area contributed by atoms with Gasteiger partial charge in [-0.25, -0.2) is 9.37 Å². The van der Waals surface area contributed by atoms with E-state index in [4.69, 9.17) is 4.74 Å². The van der Waals surface area contributed by atoms with Crippen LogP contribution in [0.15, 0.2) is 34.0 Å². The van der Waals surface area contributed by atoms with Crippen molar-refractivity contribution in [3.05, 3.63) is 41.2 Å². The number of anilines is 3. The fraction of sp³-hybridized carbons (Fsp3) is 0.368. The minimum Gasteiger partial charge on any atom is -0.376 e. The van der Waals surface area contributed by atoms with Crippen LogP contribution in [-0.2, 0) is 15.3 Å². The van der Waals surface area contributed by atoms with Crippen molar-refractivity contribution in [2.75, 3.05) is 23.4 Å². The van der Waals surface area contributed by atoms with Crippen molar-refractivity contribution in [3.63, 3.8) is 0 Å². The molecule has 1 amide bonds. The smallest absolute Gasteiger partial charge is 0.230 e. The Morgan fingerprint density at radius 3 is 3.03 bits per heavy atom. The highest BCUT2D eigenvalue weighted by Gasteiger charge is 2.21. The van der Waals surface area contributed by atoms with Crippen LogP contribution in [0.1, 0.15) is 25.5 Å². The number of thiazole rings is 1. The third-order valence-electron chi connectivity index (χ3n) is 4.39. The zero-order valence-corrected chi connectivity index (χ0v) is 18.7. The van der Waals surface area contributed by atoms with Crippen molar-refractivity contribution in [1.82, 2.24) is 15.2 Å². The van der Waals surface area contributed by atoms with Gasteiger partial charge in [-0.3, -0.25) is 9.69 Å². The van der Waals surface area contributed by atoms with Gasteiger partial charge in [0, 0.05) is 31.2 Å². The molecule has 1 atom stereocenters. The molecule has 1 aromatic carbocycles. The van der Waals surface area contributed by atoms with E-state index in [1.165, 1.54) is 52.3 Å². The fourth-order valence-corrected chi connectivity index (χ4v) is 5.62. The highest BCUT2D eigenvalue weighted by atomic mass is 32.2. The molecule has 1 saturated heterocycles. The SMILES string of the molecule is CC(=O)N(c1nc(CSc2nnc(NC[C@H]3CCCO3)s2)cs1)c1ccccc1F. The Morgan fingerprint density at radius 2 is 2.27 bits per heavy atom. The molecular weight excluding hydrogens is 445 g/mol. The number of thioether (sulfide) groups is 1. The van der Waals surface area contributed by atoms with Gasteiger partial charge in [0.15, 0.2) is 9.47 Å². The van der Waals surface area contributed by atoms with E-state index in [2.05, 4.69) is 20.5 Å². The highest BCUT2D eigenvalue weighted by Crippen LogP contribution is 2.33. The number of rotatable bonds is 8. The number of nitrogens with one attached hydrogen (secondary N) is 1. The Balaban J connectivity index is 1.36. The summed E-state index contributed by atoms with van der Waals surface area (Å²) in [6.45, 7) is 2.97. The zero-order chi connectivity index (χ0) is 20.9. The monoisotopic (exact) mass is 465 g/mol. The van der Waals surface area contributed by atoms with Crippen LogP contribution in [-0.4, -0.2) is 40.3 Å².